The topological polar surface area (TPSA) is 58.9 Å². The van der Waals surface area contributed by atoms with Gasteiger partial charge in [0.05, 0.1) is 18.6 Å². The van der Waals surface area contributed by atoms with E-state index in [9.17, 15) is 10.2 Å². The molecule has 1 aliphatic carbocycles. The maximum Gasteiger partial charge on any atom is 0.122 e. The first-order valence-electron chi connectivity index (χ1n) is 17.9. The first kappa shape index (κ1) is 33.6. The van der Waals surface area contributed by atoms with Gasteiger partial charge in [-0.25, -0.2) is 0 Å². The summed E-state index contributed by atoms with van der Waals surface area (Å²) in [4.78, 5) is 2.49. The molecule has 8 aromatic rings. The minimum Gasteiger partial charge on any atom is -0.491 e. The Balaban J connectivity index is 1.32. The first-order chi connectivity index (χ1) is 26.0. The number of fused-ring (bicyclic) bond motifs is 5. The summed E-state index contributed by atoms with van der Waals surface area (Å²) >= 11 is 3.66. The number of hydrogen-bond acceptors (Lipinski definition) is 6. The lowest BCUT2D eigenvalue weighted by Gasteiger charge is -2.35. The smallest absolute Gasteiger partial charge is 0.122 e. The van der Waals surface area contributed by atoms with E-state index in [1.807, 2.05) is 34.8 Å². The van der Waals surface area contributed by atoms with Crippen LogP contribution in [0.25, 0.3) is 52.2 Å². The van der Waals surface area contributed by atoms with Gasteiger partial charge in [-0.3, -0.25) is 0 Å². The fraction of sp³-hybridized carbons (Fsp3) is 0.149. The van der Waals surface area contributed by atoms with Gasteiger partial charge in [-0.1, -0.05) is 84.9 Å². The summed E-state index contributed by atoms with van der Waals surface area (Å²) in [5.41, 5.74) is 10.9. The van der Waals surface area contributed by atoms with Crippen LogP contribution in [0.1, 0.15) is 33.4 Å². The lowest BCUT2D eigenvalue weighted by molar-refractivity contribution is 0.200. The van der Waals surface area contributed by atoms with Gasteiger partial charge in [-0.05, 0) is 129 Å². The number of aryl methyl sites for hydroxylation is 2. The van der Waals surface area contributed by atoms with E-state index in [1.165, 1.54) is 63.3 Å². The van der Waals surface area contributed by atoms with Crippen LogP contribution in [0, 0.1) is 13.8 Å². The predicted molar refractivity (Wildman–Crippen MR) is 220 cm³/mol. The van der Waals surface area contributed by atoms with Crippen molar-refractivity contribution in [3.8, 4) is 43.5 Å². The molecule has 0 saturated heterocycles. The van der Waals surface area contributed by atoms with E-state index in [0.29, 0.717) is 0 Å². The summed E-state index contributed by atoms with van der Waals surface area (Å²) in [6, 6.07) is 48.8. The predicted octanol–water partition coefficient (Wildman–Crippen LogP) is 11.2. The van der Waals surface area contributed by atoms with Crippen LogP contribution in [0.15, 0.2) is 133 Å². The number of aliphatic hydroxyl groups excluding tert-OH is 2. The van der Waals surface area contributed by atoms with E-state index in [-0.39, 0.29) is 26.4 Å². The Hall–Kier alpha value is -5.24. The lowest BCUT2D eigenvalue weighted by Crippen LogP contribution is -2.29. The largest absolute Gasteiger partial charge is 0.491 e. The summed E-state index contributed by atoms with van der Waals surface area (Å²) in [6.07, 6.45) is 0. The third-order valence-corrected chi connectivity index (χ3v) is 12.8. The second kappa shape index (κ2) is 13.6. The van der Waals surface area contributed by atoms with Crippen molar-refractivity contribution < 1.29 is 19.7 Å². The molecule has 0 aliphatic heterocycles. The van der Waals surface area contributed by atoms with Crippen LogP contribution < -0.4 is 9.47 Å². The van der Waals surface area contributed by atoms with Gasteiger partial charge >= 0.3 is 0 Å². The van der Waals surface area contributed by atoms with Crippen molar-refractivity contribution in [1.29, 1.82) is 0 Å². The Morgan fingerprint density at radius 1 is 0.509 bits per heavy atom. The summed E-state index contributed by atoms with van der Waals surface area (Å²) in [6.45, 7) is 4.55. The molecule has 262 valence electrons. The number of ether oxygens (including phenoxy) is 2. The Morgan fingerprint density at radius 3 is 1.38 bits per heavy atom. The SMILES string of the molecule is Cc1cc(C2(c3ccc(OCCO)c(C)c3)c3ccc(-c4cc5ccccc5s4)cc3-c3cc(-c4cc5ccccc5s4)ccc32)ccc1OCCO. The highest BCUT2D eigenvalue weighted by Gasteiger charge is 2.47. The molecular formula is C47H38O4S2. The zero-order valence-electron chi connectivity index (χ0n) is 29.6. The van der Waals surface area contributed by atoms with Gasteiger partial charge in [0.15, 0.2) is 0 Å². The molecular weight excluding hydrogens is 693 g/mol. The number of rotatable bonds is 10. The molecule has 1 aliphatic rings. The van der Waals surface area contributed by atoms with Gasteiger partial charge in [0, 0.05) is 19.2 Å². The third-order valence-electron chi connectivity index (χ3n) is 10.5. The van der Waals surface area contributed by atoms with Crippen LogP contribution >= 0.6 is 22.7 Å². The van der Waals surface area contributed by atoms with Gasteiger partial charge in [-0.15, -0.1) is 22.7 Å². The zero-order chi connectivity index (χ0) is 36.1. The zero-order valence-corrected chi connectivity index (χ0v) is 31.2. The van der Waals surface area contributed by atoms with Gasteiger partial charge in [0.1, 0.15) is 24.7 Å². The average molecular weight is 731 g/mol. The average Bonchev–Trinajstić information content (AvgIpc) is 3.90. The number of hydrogen-bond donors (Lipinski definition) is 2. The normalized spacial score (nSPS) is 13.0. The minimum atomic E-state index is -0.650. The highest BCUT2D eigenvalue weighted by molar-refractivity contribution is 7.22. The number of benzene rings is 6. The molecule has 0 amide bonds. The van der Waals surface area contributed by atoms with Crippen molar-refractivity contribution in [1.82, 2.24) is 0 Å². The number of aliphatic hydroxyl groups is 2. The van der Waals surface area contributed by atoms with E-state index in [0.717, 1.165) is 33.8 Å². The van der Waals surface area contributed by atoms with Crippen molar-refractivity contribution in [3.05, 3.63) is 167 Å². The Morgan fingerprint density at radius 2 is 0.962 bits per heavy atom. The molecule has 53 heavy (non-hydrogen) atoms. The minimum absolute atomic E-state index is 0.0415. The summed E-state index contributed by atoms with van der Waals surface area (Å²) < 4.78 is 14.5. The van der Waals surface area contributed by atoms with E-state index in [1.54, 1.807) is 0 Å². The highest BCUT2D eigenvalue weighted by Crippen LogP contribution is 2.58. The Kier molecular flexibility index (Phi) is 8.64. The maximum atomic E-state index is 9.50. The molecule has 6 aromatic carbocycles. The molecule has 2 heterocycles. The van der Waals surface area contributed by atoms with Crippen molar-refractivity contribution in [2.45, 2.75) is 19.3 Å². The molecule has 0 saturated carbocycles. The molecule has 0 spiro atoms. The van der Waals surface area contributed by atoms with E-state index in [4.69, 9.17) is 9.47 Å². The molecule has 0 unspecified atom stereocenters. The second-order valence-corrected chi connectivity index (χ2v) is 15.8. The van der Waals surface area contributed by atoms with E-state index < -0.39 is 5.41 Å². The van der Waals surface area contributed by atoms with Gasteiger partial charge in [0.2, 0.25) is 0 Å². The van der Waals surface area contributed by atoms with E-state index >= 15 is 0 Å². The van der Waals surface area contributed by atoms with Crippen LogP contribution in [-0.4, -0.2) is 36.6 Å². The quantitative estimate of drug-likeness (QED) is 0.147. The molecule has 2 N–H and O–H groups in total. The van der Waals surface area contributed by atoms with Crippen LogP contribution in [0.3, 0.4) is 0 Å². The highest BCUT2D eigenvalue weighted by atomic mass is 32.1. The van der Waals surface area contributed by atoms with Gasteiger partial charge < -0.3 is 19.7 Å². The molecule has 0 fully saturated rings. The van der Waals surface area contributed by atoms with E-state index in [2.05, 4.69) is 135 Å². The third kappa shape index (κ3) is 5.65. The standard InChI is InChI=1S/C47H38O4S2/c1-29-23-35(13-17-41(29)50-21-19-48)47(36-14-18-42(30(2)24-36)51-22-20-49)39-15-11-33(45-27-31-7-3-5-9-43(31)52-45)25-37(39)38-26-34(12-16-40(38)47)46-28-32-8-4-6-10-44(32)53-46/h3-18,23-28,48-49H,19-22H2,1-2H3. The van der Waals surface area contributed by atoms with Crippen molar-refractivity contribution >= 4 is 42.8 Å². The Bertz CT molecular complexity index is 2400. The van der Waals surface area contributed by atoms with Crippen LogP contribution in [-0.2, 0) is 5.41 Å². The van der Waals surface area contributed by atoms with Crippen molar-refractivity contribution in [2.75, 3.05) is 26.4 Å². The first-order valence-corrected chi connectivity index (χ1v) is 19.6. The lowest BCUT2D eigenvalue weighted by atomic mass is 9.67. The second-order valence-electron chi connectivity index (χ2n) is 13.7. The fourth-order valence-corrected chi connectivity index (χ4v) is 10.2. The van der Waals surface area contributed by atoms with Crippen LogP contribution in [0.5, 0.6) is 11.5 Å². The monoisotopic (exact) mass is 730 g/mol. The van der Waals surface area contributed by atoms with Gasteiger partial charge in [-0.2, -0.15) is 0 Å². The molecule has 6 heteroatoms. The number of thiophene rings is 2. The molecule has 0 bridgehead atoms. The van der Waals surface area contributed by atoms with Crippen molar-refractivity contribution in [3.63, 3.8) is 0 Å². The molecule has 0 radical (unpaired) electrons. The fourth-order valence-electron chi connectivity index (χ4n) is 8.08. The molecule has 9 rings (SSSR count). The molecule has 4 nitrogen and oxygen atoms in total. The molecule has 0 atom stereocenters. The van der Waals surface area contributed by atoms with Crippen LogP contribution in [0.2, 0.25) is 0 Å². The van der Waals surface area contributed by atoms with Crippen LogP contribution in [0.4, 0.5) is 0 Å². The maximum absolute atomic E-state index is 9.50. The Labute approximate surface area is 317 Å². The summed E-state index contributed by atoms with van der Waals surface area (Å²) in [5.74, 6) is 1.53. The van der Waals surface area contributed by atoms with Gasteiger partial charge in [0.25, 0.3) is 0 Å². The summed E-state index contributed by atoms with van der Waals surface area (Å²) in [5, 5.41) is 21.5. The molecule has 2 aromatic heterocycles. The van der Waals surface area contributed by atoms with Crippen molar-refractivity contribution in [2.24, 2.45) is 0 Å². The summed E-state index contributed by atoms with van der Waals surface area (Å²) in [7, 11) is 0.